The minimum absolute atomic E-state index is 0.309. The maximum Gasteiger partial charge on any atom is 0.104 e. The van der Waals surface area contributed by atoms with Crippen molar-refractivity contribution in [2.75, 3.05) is 26.2 Å². The van der Waals surface area contributed by atoms with Crippen molar-refractivity contribution in [1.82, 2.24) is 0 Å². The lowest BCUT2D eigenvalue weighted by Gasteiger charge is -2.33. The normalized spacial score (nSPS) is 18.9. The van der Waals surface area contributed by atoms with Crippen LogP contribution < -0.4 is 0 Å². The van der Waals surface area contributed by atoms with Gasteiger partial charge in [-0.3, -0.25) is 0 Å². The van der Waals surface area contributed by atoms with Crippen molar-refractivity contribution < 1.29 is 9.59 Å². The summed E-state index contributed by atoms with van der Waals surface area (Å²) in [4.78, 5) is 0. The molecular formula is C13H19INO+. The van der Waals surface area contributed by atoms with Gasteiger partial charge in [-0.25, -0.2) is 0 Å². The van der Waals surface area contributed by atoms with Crippen LogP contribution in [0.25, 0.3) is 0 Å². The smallest absolute Gasteiger partial charge is 0.104 e. The molecule has 3 heteroatoms. The van der Waals surface area contributed by atoms with Crippen molar-refractivity contribution >= 4 is 22.6 Å². The van der Waals surface area contributed by atoms with Crippen molar-refractivity contribution in [2.24, 2.45) is 0 Å². The first-order valence-corrected chi connectivity index (χ1v) is 7.02. The molecule has 1 fully saturated rings. The monoisotopic (exact) mass is 332 g/mol. The second kappa shape index (κ2) is 5.47. The van der Waals surface area contributed by atoms with Crippen molar-refractivity contribution in [3.05, 3.63) is 33.4 Å². The Hall–Kier alpha value is -0.130. The van der Waals surface area contributed by atoms with Gasteiger partial charge in [-0.1, -0.05) is 12.1 Å². The summed E-state index contributed by atoms with van der Waals surface area (Å²) in [5, 5.41) is 9.21. The Morgan fingerprint density at radius 2 is 2.00 bits per heavy atom. The molecule has 0 unspecified atom stereocenters. The molecule has 1 aromatic rings. The lowest BCUT2D eigenvalue weighted by molar-refractivity contribution is -0.930. The van der Waals surface area contributed by atoms with Gasteiger partial charge in [0.25, 0.3) is 0 Å². The van der Waals surface area contributed by atoms with Gasteiger partial charge in [0.1, 0.15) is 13.1 Å². The molecule has 0 saturated carbocycles. The zero-order chi connectivity index (χ0) is 11.4. The van der Waals surface area contributed by atoms with E-state index in [-0.39, 0.29) is 0 Å². The average Bonchev–Trinajstić information content (AvgIpc) is 2.67. The zero-order valence-electron chi connectivity index (χ0n) is 9.53. The van der Waals surface area contributed by atoms with Gasteiger partial charge in [0.15, 0.2) is 0 Å². The summed E-state index contributed by atoms with van der Waals surface area (Å²) in [5.41, 5.74) is 1.40. The van der Waals surface area contributed by atoms with E-state index >= 15 is 0 Å². The quantitative estimate of drug-likeness (QED) is 0.663. The van der Waals surface area contributed by atoms with Crippen LogP contribution in [-0.2, 0) is 6.54 Å². The predicted octanol–water partition coefficient (Wildman–Crippen LogP) is 2.39. The van der Waals surface area contributed by atoms with Crippen molar-refractivity contribution in [1.29, 1.82) is 0 Å². The van der Waals surface area contributed by atoms with Crippen LogP contribution >= 0.6 is 22.6 Å². The van der Waals surface area contributed by atoms with Crippen LogP contribution in [0.5, 0.6) is 0 Å². The number of hydrogen-bond donors (Lipinski definition) is 1. The van der Waals surface area contributed by atoms with Gasteiger partial charge >= 0.3 is 0 Å². The Kier molecular flexibility index (Phi) is 4.21. The molecular weight excluding hydrogens is 313 g/mol. The van der Waals surface area contributed by atoms with E-state index in [9.17, 15) is 5.11 Å². The van der Waals surface area contributed by atoms with Gasteiger partial charge in [0, 0.05) is 22.0 Å². The molecule has 0 atom stereocenters. The van der Waals surface area contributed by atoms with Crippen LogP contribution in [0.2, 0.25) is 0 Å². The molecule has 0 radical (unpaired) electrons. The first kappa shape index (κ1) is 12.3. The number of benzene rings is 1. The lowest BCUT2D eigenvalue weighted by Crippen LogP contribution is -2.46. The van der Waals surface area contributed by atoms with Crippen LogP contribution in [0.15, 0.2) is 24.3 Å². The summed E-state index contributed by atoms with van der Waals surface area (Å²) >= 11 is 2.36. The molecule has 1 aliphatic heterocycles. The average molecular weight is 332 g/mol. The third kappa shape index (κ3) is 2.96. The second-order valence-electron chi connectivity index (χ2n) is 4.73. The van der Waals surface area contributed by atoms with E-state index in [1.165, 1.54) is 35.1 Å². The van der Waals surface area contributed by atoms with Crippen molar-refractivity contribution in [2.45, 2.75) is 19.4 Å². The molecule has 0 bridgehead atoms. The number of nitrogens with zero attached hydrogens (tertiary/aromatic N) is 1. The molecule has 88 valence electrons. The zero-order valence-corrected chi connectivity index (χ0v) is 11.7. The minimum atomic E-state index is 0.309. The Bertz CT molecular complexity index is 348. The summed E-state index contributed by atoms with van der Waals surface area (Å²) in [6.45, 7) is 4.75. The van der Waals surface area contributed by atoms with Gasteiger partial charge in [-0.15, -0.1) is 0 Å². The molecule has 2 rings (SSSR count). The number of halogens is 1. The highest BCUT2D eigenvalue weighted by molar-refractivity contribution is 14.1. The highest BCUT2D eigenvalue weighted by Crippen LogP contribution is 2.23. The Morgan fingerprint density at radius 3 is 2.62 bits per heavy atom. The Balaban J connectivity index is 2.11. The molecule has 0 aliphatic carbocycles. The van der Waals surface area contributed by atoms with Gasteiger partial charge in [-0.05, 0) is 34.7 Å². The van der Waals surface area contributed by atoms with Crippen molar-refractivity contribution in [3.63, 3.8) is 0 Å². The van der Waals surface area contributed by atoms with Crippen LogP contribution in [0, 0.1) is 3.57 Å². The van der Waals surface area contributed by atoms with E-state index in [1.54, 1.807) is 0 Å². The fourth-order valence-corrected chi connectivity index (χ4v) is 3.31. The van der Waals surface area contributed by atoms with Gasteiger partial charge < -0.3 is 9.59 Å². The molecule has 1 saturated heterocycles. The first-order valence-electron chi connectivity index (χ1n) is 5.95. The molecule has 0 aromatic heterocycles. The van der Waals surface area contributed by atoms with E-state index in [4.69, 9.17) is 0 Å². The Morgan fingerprint density at radius 1 is 1.25 bits per heavy atom. The summed E-state index contributed by atoms with van der Waals surface area (Å²) < 4.78 is 2.38. The number of rotatable bonds is 4. The predicted molar refractivity (Wildman–Crippen MR) is 74.0 cm³/mol. The SMILES string of the molecule is OCC[N+]1(Cc2cccc(I)c2)CCCC1. The van der Waals surface area contributed by atoms with E-state index in [1.807, 2.05) is 0 Å². The van der Waals surface area contributed by atoms with Crippen molar-refractivity contribution in [3.8, 4) is 0 Å². The van der Waals surface area contributed by atoms with Crippen LogP contribution in [-0.4, -0.2) is 35.8 Å². The topological polar surface area (TPSA) is 20.2 Å². The standard InChI is InChI=1S/C13H19INO/c14-13-5-3-4-12(10-13)11-15(8-9-16)6-1-2-7-15/h3-5,10,16H,1-2,6-9,11H2/q+1. The van der Waals surface area contributed by atoms with Gasteiger partial charge in [0.2, 0.25) is 0 Å². The second-order valence-corrected chi connectivity index (χ2v) is 5.98. The lowest BCUT2D eigenvalue weighted by atomic mass is 10.2. The maximum absolute atomic E-state index is 9.21. The maximum atomic E-state index is 9.21. The van der Waals surface area contributed by atoms with E-state index in [2.05, 4.69) is 46.9 Å². The molecule has 1 aliphatic rings. The number of likely N-dealkylation sites (tertiary alicyclic amines) is 1. The van der Waals surface area contributed by atoms with E-state index in [0.717, 1.165) is 17.6 Å². The van der Waals surface area contributed by atoms with Crippen LogP contribution in [0.3, 0.4) is 0 Å². The van der Waals surface area contributed by atoms with E-state index in [0.29, 0.717) is 6.61 Å². The summed E-state index contributed by atoms with van der Waals surface area (Å²) in [6.07, 6.45) is 2.62. The van der Waals surface area contributed by atoms with E-state index < -0.39 is 0 Å². The number of hydrogen-bond acceptors (Lipinski definition) is 1. The summed E-state index contributed by atoms with van der Waals surface area (Å²) in [6, 6.07) is 8.72. The largest absolute Gasteiger partial charge is 0.391 e. The Labute approximate surface area is 111 Å². The van der Waals surface area contributed by atoms with Crippen LogP contribution in [0.4, 0.5) is 0 Å². The summed E-state index contributed by atoms with van der Waals surface area (Å²) in [7, 11) is 0. The molecule has 16 heavy (non-hydrogen) atoms. The third-order valence-corrected chi connectivity index (χ3v) is 4.17. The fourth-order valence-electron chi connectivity index (χ4n) is 2.70. The number of aliphatic hydroxyl groups excluding tert-OH is 1. The van der Waals surface area contributed by atoms with Gasteiger partial charge in [-0.2, -0.15) is 0 Å². The fraction of sp³-hybridized carbons (Fsp3) is 0.538. The summed E-state index contributed by atoms with van der Waals surface area (Å²) in [5.74, 6) is 0. The molecule has 0 amide bonds. The van der Waals surface area contributed by atoms with Crippen LogP contribution in [0.1, 0.15) is 18.4 Å². The highest BCUT2D eigenvalue weighted by Gasteiger charge is 2.31. The first-order chi connectivity index (χ1) is 7.74. The number of aliphatic hydroxyl groups is 1. The highest BCUT2D eigenvalue weighted by atomic mass is 127. The molecule has 1 N–H and O–H groups in total. The third-order valence-electron chi connectivity index (χ3n) is 3.50. The molecule has 0 spiro atoms. The molecule has 1 heterocycles. The molecule has 1 aromatic carbocycles. The number of quaternary nitrogens is 1. The minimum Gasteiger partial charge on any atom is -0.391 e. The van der Waals surface area contributed by atoms with Gasteiger partial charge in [0.05, 0.1) is 19.7 Å². The molecule has 2 nitrogen and oxygen atoms in total.